The van der Waals surface area contributed by atoms with Gasteiger partial charge in [0.15, 0.2) is 0 Å². The lowest BCUT2D eigenvalue weighted by molar-refractivity contribution is 0.400. The van der Waals surface area contributed by atoms with E-state index in [1.54, 1.807) is 6.07 Å². The van der Waals surface area contributed by atoms with Crippen molar-refractivity contribution in [2.45, 2.75) is 25.3 Å². The summed E-state index contributed by atoms with van der Waals surface area (Å²) in [4.78, 5) is 0. The second kappa shape index (κ2) is 4.57. The summed E-state index contributed by atoms with van der Waals surface area (Å²) in [6, 6.07) is 5.53. The normalized spacial score (nSPS) is 22.3. The predicted octanol–water partition coefficient (Wildman–Crippen LogP) is 3.24. The van der Waals surface area contributed by atoms with Crippen LogP contribution in [-0.2, 0) is 0 Å². The van der Waals surface area contributed by atoms with Gasteiger partial charge in [-0.2, -0.15) is 0 Å². The molecular weight excluding hydrogens is 292 g/mol. The Kier molecular flexibility index (Phi) is 3.38. The van der Waals surface area contributed by atoms with Crippen LogP contribution in [0.2, 0.25) is 0 Å². The molecule has 0 unspecified atom stereocenters. The highest BCUT2D eigenvalue weighted by Gasteiger charge is 2.17. The molecule has 0 aliphatic carbocycles. The summed E-state index contributed by atoms with van der Waals surface area (Å²) in [7, 11) is 0. The van der Waals surface area contributed by atoms with Gasteiger partial charge < -0.3 is 5.32 Å². The average molecular weight is 305 g/mol. The first-order valence-corrected chi connectivity index (χ1v) is 6.03. The van der Waals surface area contributed by atoms with Gasteiger partial charge in [-0.3, -0.25) is 0 Å². The van der Waals surface area contributed by atoms with E-state index in [4.69, 9.17) is 0 Å². The lowest BCUT2D eigenvalue weighted by Gasteiger charge is -2.24. The van der Waals surface area contributed by atoms with Crippen LogP contribution in [0.25, 0.3) is 0 Å². The average Bonchev–Trinajstić information content (AvgIpc) is 2.23. The zero-order valence-corrected chi connectivity index (χ0v) is 10.1. The van der Waals surface area contributed by atoms with Crippen molar-refractivity contribution in [1.82, 2.24) is 5.32 Å². The van der Waals surface area contributed by atoms with Crippen molar-refractivity contribution in [1.29, 1.82) is 0 Å². The highest BCUT2D eigenvalue weighted by atomic mass is 127. The molecule has 0 radical (unpaired) electrons. The van der Waals surface area contributed by atoms with E-state index in [2.05, 4.69) is 27.9 Å². The van der Waals surface area contributed by atoms with E-state index in [0.29, 0.717) is 0 Å². The second-order valence-corrected chi connectivity index (χ2v) is 4.91. The molecule has 76 valence electrons. The zero-order valence-electron chi connectivity index (χ0n) is 7.89. The van der Waals surface area contributed by atoms with E-state index < -0.39 is 0 Å². The van der Waals surface area contributed by atoms with Crippen molar-refractivity contribution in [2.24, 2.45) is 0 Å². The molecule has 1 aliphatic heterocycles. The Morgan fingerprint density at radius 3 is 2.93 bits per heavy atom. The molecule has 2 rings (SSSR count). The molecule has 1 aliphatic rings. The number of piperidine rings is 1. The molecule has 1 aromatic rings. The molecule has 1 N–H and O–H groups in total. The summed E-state index contributed by atoms with van der Waals surface area (Å²) < 4.78 is 14.6. The summed E-state index contributed by atoms with van der Waals surface area (Å²) in [5.74, 6) is -0.0789. The molecule has 1 aromatic carbocycles. The van der Waals surface area contributed by atoms with E-state index in [9.17, 15) is 4.39 Å². The topological polar surface area (TPSA) is 12.0 Å². The molecule has 0 spiro atoms. The van der Waals surface area contributed by atoms with Gasteiger partial charge >= 0.3 is 0 Å². The van der Waals surface area contributed by atoms with Gasteiger partial charge in [-0.05, 0) is 60.2 Å². The Balaban J connectivity index is 2.24. The molecule has 0 aromatic heterocycles. The second-order valence-electron chi connectivity index (χ2n) is 3.67. The van der Waals surface area contributed by atoms with Gasteiger partial charge in [0.1, 0.15) is 5.82 Å². The van der Waals surface area contributed by atoms with Crippen LogP contribution in [0, 0.1) is 9.39 Å². The first-order valence-electron chi connectivity index (χ1n) is 4.96. The lowest BCUT2D eigenvalue weighted by atomic mass is 9.97. The van der Waals surface area contributed by atoms with Crippen LogP contribution in [0.15, 0.2) is 18.2 Å². The Morgan fingerprint density at radius 1 is 1.36 bits per heavy atom. The minimum absolute atomic E-state index is 0.0789. The highest BCUT2D eigenvalue weighted by molar-refractivity contribution is 14.1. The maximum absolute atomic E-state index is 13.5. The Morgan fingerprint density at radius 2 is 2.21 bits per heavy atom. The first kappa shape index (κ1) is 10.4. The Bertz CT molecular complexity index is 321. The van der Waals surface area contributed by atoms with E-state index >= 15 is 0 Å². The van der Waals surface area contributed by atoms with Crippen molar-refractivity contribution in [2.75, 3.05) is 6.54 Å². The summed E-state index contributed by atoms with van der Waals surface area (Å²) in [6.07, 6.45) is 3.46. The van der Waals surface area contributed by atoms with Crippen LogP contribution in [0.3, 0.4) is 0 Å². The lowest BCUT2D eigenvalue weighted by Crippen LogP contribution is -2.27. The monoisotopic (exact) mass is 305 g/mol. The van der Waals surface area contributed by atoms with Crippen LogP contribution < -0.4 is 5.32 Å². The molecule has 1 heterocycles. The van der Waals surface area contributed by atoms with Crippen molar-refractivity contribution in [3.05, 3.63) is 33.1 Å². The third kappa shape index (κ3) is 2.25. The van der Waals surface area contributed by atoms with Gasteiger partial charge in [-0.25, -0.2) is 4.39 Å². The fourth-order valence-corrected chi connectivity index (χ4v) is 2.41. The van der Waals surface area contributed by atoms with Gasteiger partial charge in [-0.15, -0.1) is 0 Å². The van der Waals surface area contributed by atoms with Gasteiger partial charge in [0.25, 0.3) is 0 Å². The molecule has 1 atom stereocenters. The van der Waals surface area contributed by atoms with Crippen LogP contribution in [-0.4, -0.2) is 6.54 Å². The maximum Gasteiger partial charge on any atom is 0.128 e. The van der Waals surface area contributed by atoms with E-state index in [1.807, 2.05) is 12.1 Å². The summed E-state index contributed by atoms with van der Waals surface area (Å²) in [5, 5.41) is 3.36. The fraction of sp³-hybridized carbons (Fsp3) is 0.455. The Labute approximate surface area is 97.2 Å². The molecule has 0 amide bonds. The number of rotatable bonds is 1. The number of hydrogen-bond acceptors (Lipinski definition) is 1. The van der Waals surface area contributed by atoms with E-state index in [-0.39, 0.29) is 11.9 Å². The van der Waals surface area contributed by atoms with Crippen LogP contribution in [0.4, 0.5) is 4.39 Å². The largest absolute Gasteiger partial charge is 0.310 e. The van der Waals surface area contributed by atoms with Crippen molar-refractivity contribution in [3.63, 3.8) is 0 Å². The maximum atomic E-state index is 13.5. The molecule has 1 saturated heterocycles. The number of hydrogen-bond donors (Lipinski definition) is 1. The molecular formula is C11H13FIN. The quantitative estimate of drug-likeness (QED) is 0.786. The van der Waals surface area contributed by atoms with Crippen LogP contribution in [0.5, 0.6) is 0 Å². The van der Waals surface area contributed by atoms with Gasteiger partial charge in [0.05, 0.1) is 0 Å². The molecule has 14 heavy (non-hydrogen) atoms. The minimum Gasteiger partial charge on any atom is -0.310 e. The fourth-order valence-electron chi connectivity index (χ4n) is 1.90. The minimum atomic E-state index is -0.0789. The summed E-state index contributed by atoms with van der Waals surface area (Å²) >= 11 is 2.22. The van der Waals surface area contributed by atoms with Crippen LogP contribution in [0.1, 0.15) is 30.9 Å². The smallest absolute Gasteiger partial charge is 0.128 e. The zero-order chi connectivity index (χ0) is 9.97. The van der Waals surface area contributed by atoms with E-state index in [1.165, 1.54) is 12.8 Å². The Hall–Kier alpha value is -0.160. The van der Waals surface area contributed by atoms with E-state index in [0.717, 1.165) is 22.1 Å². The molecule has 3 heteroatoms. The molecule has 1 nitrogen and oxygen atoms in total. The summed E-state index contributed by atoms with van der Waals surface area (Å²) in [6.45, 7) is 1.01. The molecule has 0 saturated carbocycles. The standard InChI is InChI=1S/C11H13FIN/c12-10-5-4-8(13)7-9(10)11-3-1-2-6-14-11/h4-5,7,11,14H,1-3,6H2/t11-/m0/s1. The van der Waals surface area contributed by atoms with Gasteiger partial charge in [0.2, 0.25) is 0 Å². The van der Waals surface area contributed by atoms with Crippen molar-refractivity contribution in [3.8, 4) is 0 Å². The SMILES string of the molecule is Fc1ccc(I)cc1[C@@H]1CCCCN1. The first-order chi connectivity index (χ1) is 6.77. The third-order valence-corrected chi connectivity index (χ3v) is 3.31. The van der Waals surface area contributed by atoms with Crippen molar-refractivity contribution >= 4 is 22.6 Å². The number of nitrogens with one attached hydrogen (secondary N) is 1. The number of benzene rings is 1. The highest BCUT2D eigenvalue weighted by Crippen LogP contribution is 2.26. The van der Waals surface area contributed by atoms with Crippen LogP contribution >= 0.6 is 22.6 Å². The molecule has 0 bridgehead atoms. The van der Waals surface area contributed by atoms with Gasteiger partial charge in [-0.1, -0.05) is 6.42 Å². The molecule has 1 fully saturated rings. The third-order valence-electron chi connectivity index (χ3n) is 2.64. The van der Waals surface area contributed by atoms with Crippen molar-refractivity contribution < 1.29 is 4.39 Å². The predicted molar refractivity (Wildman–Crippen MR) is 63.7 cm³/mol. The summed E-state index contributed by atoms with van der Waals surface area (Å²) in [5.41, 5.74) is 0.830. The van der Waals surface area contributed by atoms with Gasteiger partial charge in [0, 0.05) is 15.2 Å². The number of halogens is 2.